The van der Waals surface area contributed by atoms with E-state index in [1.807, 2.05) is 42.5 Å². The Kier molecular flexibility index (Phi) is 7.40. The SMILES string of the molecule is COC(=O)c1ccc(C=C2SC(=S)N(CCCC(=O)Nc3ccc4ccccc4c3)C2=O)cc1. The first-order chi connectivity index (χ1) is 16.4. The number of hydrogen-bond acceptors (Lipinski definition) is 6. The highest BCUT2D eigenvalue weighted by molar-refractivity contribution is 8.26. The standard InChI is InChI=1S/C26H22N2O4S2/c1-32-25(31)19-10-8-17(9-11-19)15-22-24(30)28(26(33)34-22)14-4-7-23(29)27-21-13-12-18-5-2-3-6-20(18)16-21/h2-3,5-6,8-13,15-16H,4,7,14H2,1H3,(H,27,29). The molecule has 0 aromatic heterocycles. The molecule has 2 amide bonds. The zero-order valence-corrected chi connectivity index (χ0v) is 20.1. The molecule has 3 aromatic rings. The second-order valence-corrected chi connectivity index (χ2v) is 9.34. The van der Waals surface area contributed by atoms with Crippen molar-refractivity contribution in [3.05, 3.63) is 82.8 Å². The van der Waals surface area contributed by atoms with Crippen LogP contribution in [0.1, 0.15) is 28.8 Å². The Morgan fingerprint density at radius 1 is 1.06 bits per heavy atom. The van der Waals surface area contributed by atoms with E-state index in [2.05, 4.69) is 5.32 Å². The maximum atomic E-state index is 12.8. The summed E-state index contributed by atoms with van der Waals surface area (Å²) in [7, 11) is 1.33. The maximum Gasteiger partial charge on any atom is 0.337 e. The molecule has 1 saturated heterocycles. The summed E-state index contributed by atoms with van der Waals surface area (Å²) in [5, 5.41) is 5.09. The third-order valence-electron chi connectivity index (χ3n) is 5.32. The van der Waals surface area contributed by atoms with E-state index in [1.165, 1.54) is 23.8 Å². The van der Waals surface area contributed by atoms with Crippen LogP contribution in [0.4, 0.5) is 5.69 Å². The minimum Gasteiger partial charge on any atom is -0.465 e. The Hall–Kier alpha value is -3.49. The molecule has 34 heavy (non-hydrogen) atoms. The molecule has 1 fully saturated rings. The number of hydrogen-bond donors (Lipinski definition) is 1. The van der Waals surface area contributed by atoms with Crippen molar-refractivity contribution in [3.8, 4) is 0 Å². The van der Waals surface area contributed by atoms with Gasteiger partial charge in [-0.1, -0.05) is 66.4 Å². The van der Waals surface area contributed by atoms with Crippen LogP contribution >= 0.6 is 24.0 Å². The number of fused-ring (bicyclic) bond motifs is 1. The molecule has 1 aliphatic heterocycles. The number of nitrogens with zero attached hydrogens (tertiary/aromatic N) is 1. The monoisotopic (exact) mass is 490 g/mol. The van der Waals surface area contributed by atoms with Gasteiger partial charge in [-0.3, -0.25) is 14.5 Å². The molecule has 0 unspecified atom stereocenters. The van der Waals surface area contributed by atoms with E-state index < -0.39 is 5.97 Å². The molecule has 0 saturated carbocycles. The number of ether oxygens (including phenoxy) is 1. The number of anilines is 1. The normalized spacial score (nSPS) is 14.6. The number of nitrogens with one attached hydrogen (secondary N) is 1. The van der Waals surface area contributed by atoms with E-state index in [9.17, 15) is 14.4 Å². The second-order valence-electron chi connectivity index (χ2n) is 7.66. The zero-order valence-electron chi connectivity index (χ0n) is 18.4. The maximum absolute atomic E-state index is 12.8. The van der Waals surface area contributed by atoms with E-state index in [0.29, 0.717) is 27.8 Å². The van der Waals surface area contributed by atoms with Gasteiger partial charge in [0.15, 0.2) is 0 Å². The predicted molar refractivity (Wildman–Crippen MR) is 139 cm³/mol. The Labute approximate surface area is 207 Å². The number of thioether (sulfide) groups is 1. The second kappa shape index (κ2) is 10.6. The van der Waals surface area contributed by atoms with Gasteiger partial charge in [-0.2, -0.15) is 0 Å². The van der Waals surface area contributed by atoms with Gasteiger partial charge in [-0.05, 0) is 53.1 Å². The predicted octanol–water partition coefficient (Wildman–Crippen LogP) is 5.25. The molecular formula is C26H22N2O4S2. The summed E-state index contributed by atoms with van der Waals surface area (Å²) in [5.41, 5.74) is 1.97. The third kappa shape index (κ3) is 5.52. The van der Waals surface area contributed by atoms with E-state index in [0.717, 1.165) is 22.0 Å². The minimum atomic E-state index is -0.414. The molecule has 1 heterocycles. The number of thiocarbonyl (C=S) groups is 1. The van der Waals surface area contributed by atoms with E-state index in [4.69, 9.17) is 17.0 Å². The van der Waals surface area contributed by atoms with Crippen LogP contribution in [0.25, 0.3) is 16.8 Å². The van der Waals surface area contributed by atoms with Gasteiger partial charge in [0.25, 0.3) is 5.91 Å². The lowest BCUT2D eigenvalue weighted by Gasteiger charge is -2.14. The third-order valence-corrected chi connectivity index (χ3v) is 6.70. The van der Waals surface area contributed by atoms with Crippen LogP contribution in [0.15, 0.2) is 71.6 Å². The Morgan fingerprint density at radius 2 is 1.79 bits per heavy atom. The first kappa shape index (κ1) is 23.7. The number of carbonyl (C=O) groups is 3. The Bertz CT molecular complexity index is 1300. The van der Waals surface area contributed by atoms with Crippen LogP contribution in [0.2, 0.25) is 0 Å². The summed E-state index contributed by atoms with van der Waals surface area (Å²) in [4.78, 5) is 38.8. The van der Waals surface area contributed by atoms with E-state index in [1.54, 1.807) is 30.3 Å². The number of carbonyl (C=O) groups excluding carboxylic acids is 3. The number of benzene rings is 3. The van der Waals surface area contributed by atoms with Gasteiger partial charge in [0.05, 0.1) is 17.6 Å². The van der Waals surface area contributed by atoms with Crippen molar-refractivity contribution in [1.82, 2.24) is 4.90 Å². The molecule has 3 aromatic carbocycles. The average Bonchev–Trinajstić information content (AvgIpc) is 3.11. The number of amides is 2. The van der Waals surface area contributed by atoms with Gasteiger partial charge >= 0.3 is 5.97 Å². The fraction of sp³-hybridized carbons (Fsp3) is 0.154. The van der Waals surface area contributed by atoms with Crippen molar-refractivity contribution in [2.75, 3.05) is 19.0 Å². The quantitative estimate of drug-likeness (QED) is 0.277. The average molecular weight is 491 g/mol. The lowest BCUT2D eigenvalue weighted by atomic mass is 10.1. The molecule has 0 aliphatic carbocycles. The molecule has 0 radical (unpaired) electrons. The van der Waals surface area contributed by atoms with Crippen LogP contribution in [0.5, 0.6) is 0 Å². The lowest BCUT2D eigenvalue weighted by Crippen LogP contribution is -2.29. The van der Waals surface area contributed by atoms with Crippen LogP contribution in [0, 0.1) is 0 Å². The van der Waals surface area contributed by atoms with Crippen LogP contribution in [0.3, 0.4) is 0 Å². The molecule has 0 atom stereocenters. The summed E-state index contributed by atoms with van der Waals surface area (Å²) < 4.78 is 5.16. The Balaban J connectivity index is 1.31. The van der Waals surface area contributed by atoms with Crippen molar-refractivity contribution < 1.29 is 19.1 Å². The summed E-state index contributed by atoms with van der Waals surface area (Å²) in [6.45, 7) is 0.369. The number of rotatable bonds is 7. The van der Waals surface area contributed by atoms with Crippen molar-refractivity contribution in [1.29, 1.82) is 0 Å². The van der Waals surface area contributed by atoms with Gasteiger partial charge in [-0.15, -0.1) is 0 Å². The summed E-state index contributed by atoms with van der Waals surface area (Å²) >= 11 is 6.61. The topological polar surface area (TPSA) is 75.7 Å². The van der Waals surface area contributed by atoms with Crippen molar-refractivity contribution in [2.24, 2.45) is 0 Å². The first-order valence-electron chi connectivity index (χ1n) is 10.7. The van der Waals surface area contributed by atoms with Gasteiger partial charge in [0.1, 0.15) is 4.32 Å². The molecule has 0 bridgehead atoms. The molecule has 0 spiro atoms. The van der Waals surface area contributed by atoms with Crippen LogP contribution in [-0.4, -0.2) is 40.7 Å². The summed E-state index contributed by atoms with van der Waals surface area (Å²) in [5.74, 6) is -0.702. The van der Waals surface area contributed by atoms with Gasteiger partial charge in [-0.25, -0.2) is 4.79 Å². The first-order valence-corrected chi connectivity index (χ1v) is 11.9. The van der Waals surface area contributed by atoms with E-state index >= 15 is 0 Å². The fourth-order valence-corrected chi connectivity index (χ4v) is 4.87. The smallest absolute Gasteiger partial charge is 0.337 e. The molecule has 8 heteroatoms. The zero-order chi connectivity index (χ0) is 24.1. The number of methoxy groups -OCH3 is 1. The summed E-state index contributed by atoms with van der Waals surface area (Å²) in [6.07, 6.45) is 2.51. The molecule has 1 aliphatic rings. The summed E-state index contributed by atoms with van der Waals surface area (Å²) in [6, 6.07) is 20.5. The highest BCUT2D eigenvalue weighted by atomic mass is 32.2. The fourth-order valence-electron chi connectivity index (χ4n) is 3.57. The molecule has 172 valence electrons. The lowest BCUT2D eigenvalue weighted by molar-refractivity contribution is -0.122. The van der Waals surface area contributed by atoms with Crippen LogP contribution < -0.4 is 5.32 Å². The van der Waals surface area contributed by atoms with E-state index in [-0.39, 0.29) is 18.2 Å². The van der Waals surface area contributed by atoms with Crippen molar-refractivity contribution >= 4 is 68.6 Å². The van der Waals surface area contributed by atoms with Gasteiger partial charge in [0, 0.05) is 18.7 Å². The minimum absolute atomic E-state index is 0.109. The van der Waals surface area contributed by atoms with Gasteiger partial charge in [0.2, 0.25) is 5.91 Å². The molecular weight excluding hydrogens is 468 g/mol. The Morgan fingerprint density at radius 3 is 2.53 bits per heavy atom. The van der Waals surface area contributed by atoms with Crippen molar-refractivity contribution in [2.45, 2.75) is 12.8 Å². The largest absolute Gasteiger partial charge is 0.465 e. The molecule has 1 N–H and O–H groups in total. The molecule has 4 rings (SSSR count). The van der Waals surface area contributed by atoms with Crippen molar-refractivity contribution in [3.63, 3.8) is 0 Å². The highest BCUT2D eigenvalue weighted by Gasteiger charge is 2.31. The van der Waals surface area contributed by atoms with Crippen LogP contribution in [-0.2, 0) is 14.3 Å². The highest BCUT2D eigenvalue weighted by Crippen LogP contribution is 2.32. The molecule has 6 nitrogen and oxygen atoms in total. The van der Waals surface area contributed by atoms with Gasteiger partial charge < -0.3 is 10.1 Å². The number of esters is 1.